The van der Waals surface area contributed by atoms with E-state index in [1.807, 2.05) is 0 Å². The van der Waals surface area contributed by atoms with E-state index in [1.165, 1.54) is 25.1 Å². The molecule has 0 atom stereocenters. The Morgan fingerprint density at radius 1 is 1.33 bits per heavy atom. The van der Waals surface area contributed by atoms with Crippen LogP contribution in [0.3, 0.4) is 0 Å². The number of benzene rings is 1. The van der Waals surface area contributed by atoms with Crippen molar-refractivity contribution < 1.29 is 18.4 Å². The molecule has 0 aromatic heterocycles. The highest BCUT2D eigenvalue weighted by Gasteiger charge is 2.27. The molecule has 1 rings (SSSR count). The standard InChI is InChI=1S/C13H20N2O5S/c1-4-13(16,5-2)9-14-21(19,20)12-8-6-7-11(10(12)3)15(17)18/h6-8,14,16H,4-5,9H2,1-3H3. The zero-order valence-corrected chi connectivity index (χ0v) is 13.1. The first-order valence-corrected chi connectivity index (χ1v) is 8.11. The predicted molar refractivity (Wildman–Crippen MR) is 78.6 cm³/mol. The van der Waals surface area contributed by atoms with Gasteiger partial charge in [0.15, 0.2) is 0 Å². The summed E-state index contributed by atoms with van der Waals surface area (Å²) >= 11 is 0. The molecular formula is C13H20N2O5S. The first-order chi connectivity index (χ1) is 9.67. The van der Waals surface area contributed by atoms with Crippen LogP contribution in [0.4, 0.5) is 5.69 Å². The summed E-state index contributed by atoms with van der Waals surface area (Å²) in [6.45, 7) is 4.77. The van der Waals surface area contributed by atoms with Crippen molar-refractivity contribution in [3.8, 4) is 0 Å². The second kappa shape index (κ2) is 6.50. The Kier molecular flexibility index (Phi) is 5.43. The molecule has 0 aliphatic carbocycles. The molecule has 0 saturated carbocycles. The fourth-order valence-electron chi connectivity index (χ4n) is 1.90. The summed E-state index contributed by atoms with van der Waals surface area (Å²) in [5.74, 6) is 0. The Hall–Kier alpha value is -1.51. The van der Waals surface area contributed by atoms with Gasteiger partial charge >= 0.3 is 0 Å². The maximum Gasteiger partial charge on any atom is 0.273 e. The average Bonchev–Trinajstić information content (AvgIpc) is 2.44. The lowest BCUT2D eigenvalue weighted by Gasteiger charge is -2.25. The van der Waals surface area contributed by atoms with Gasteiger partial charge in [-0.15, -0.1) is 0 Å². The highest BCUT2D eigenvalue weighted by Crippen LogP contribution is 2.25. The van der Waals surface area contributed by atoms with Crippen LogP contribution >= 0.6 is 0 Å². The van der Waals surface area contributed by atoms with E-state index in [0.29, 0.717) is 12.8 Å². The molecule has 21 heavy (non-hydrogen) atoms. The molecule has 7 nitrogen and oxygen atoms in total. The molecule has 0 unspecified atom stereocenters. The third-order valence-electron chi connectivity index (χ3n) is 3.65. The van der Waals surface area contributed by atoms with Crippen LogP contribution in [0, 0.1) is 17.0 Å². The van der Waals surface area contributed by atoms with Gasteiger partial charge in [-0.1, -0.05) is 19.9 Å². The zero-order chi connectivity index (χ0) is 16.3. The van der Waals surface area contributed by atoms with Crippen LogP contribution in [0.15, 0.2) is 23.1 Å². The van der Waals surface area contributed by atoms with Crippen LogP contribution in [-0.4, -0.2) is 30.6 Å². The van der Waals surface area contributed by atoms with E-state index in [9.17, 15) is 23.6 Å². The molecule has 0 bridgehead atoms. The van der Waals surface area contributed by atoms with Gasteiger partial charge in [-0.25, -0.2) is 13.1 Å². The monoisotopic (exact) mass is 316 g/mol. The fourth-order valence-corrected chi connectivity index (χ4v) is 3.28. The number of nitrogens with zero attached hydrogens (tertiary/aromatic N) is 1. The van der Waals surface area contributed by atoms with Gasteiger partial charge in [0.2, 0.25) is 10.0 Å². The van der Waals surface area contributed by atoms with Crippen LogP contribution in [0.2, 0.25) is 0 Å². The van der Waals surface area contributed by atoms with Gasteiger partial charge in [-0.2, -0.15) is 0 Å². The first kappa shape index (κ1) is 17.5. The highest BCUT2D eigenvalue weighted by molar-refractivity contribution is 7.89. The summed E-state index contributed by atoms with van der Waals surface area (Å²) in [5, 5.41) is 21.0. The molecule has 0 saturated heterocycles. The van der Waals surface area contributed by atoms with Crippen molar-refractivity contribution in [3.05, 3.63) is 33.9 Å². The Morgan fingerprint density at radius 3 is 2.38 bits per heavy atom. The van der Waals surface area contributed by atoms with Crippen LogP contribution in [0.25, 0.3) is 0 Å². The van der Waals surface area contributed by atoms with E-state index in [0.717, 1.165) is 0 Å². The van der Waals surface area contributed by atoms with Crippen LogP contribution < -0.4 is 4.72 Å². The van der Waals surface area contributed by atoms with Gasteiger partial charge in [0.05, 0.1) is 15.4 Å². The topological polar surface area (TPSA) is 110 Å². The van der Waals surface area contributed by atoms with E-state index in [-0.39, 0.29) is 22.7 Å². The lowest BCUT2D eigenvalue weighted by molar-refractivity contribution is -0.385. The summed E-state index contributed by atoms with van der Waals surface area (Å²) in [5.41, 5.74) is -1.30. The van der Waals surface area contributed by atoms with E-state index in [1.54, 1.807) is 13.8 Å². The van der Waals surface area contributed by atoms with Gasteiger partial charge < -0.3 is 5.11 Å². The fraction of sp³-hybridized carbons (Fsp3) is 0.538. The largest absolute Gasteiger partial charge is 0.389 e. The Labute approximate surface area is 124 Å². The lowest BCUT2D eigenvalue weighted by atomic mass is 9.98. The lowest BCUT2D eigenvalue weighted by Crippen LogP contribution is -2.42. The van der Waals surface area contributed by atoms with Gasteiger partial charge in [-0.05, 0) is 25.8 Å². The number of nitro groups is 1. The summed E-state index contributed by atoms with van der Waals surface area (Å²) in [4.78, 5) is 10.1. The number of rotatable bonds is 7. The zero-order valence-electron chi connectivity index (χ0n) is 12.3. The second-order valence-electron chi connectivity index (χ2n) is 4.91. The molecule has 0 heterocycles. The number of nitrogens with one attached hydrogen (secondary N) is 1. The van der Waals surface area contributed by atoms with Crippen molar-refractivity contribution in [1.82, 2.24) is 4.72 Å². The summed E-state index contributed by atoms with van der Waals surface area (Å²) in [7, 11) is -3.91. The van der Waals surface area contributed by atoms with E-state index in [2.05, 4.69) is 4.72 Å². The molecule has 0 aliphatic heterocycles. The van der Waals surface area contributed by atoms with Crippen molar-refractivity contribution in [3.63, 3.8) is 0 Å². The minimum Gasteiger partial charge on any atom is -0.389 e. The van der Waals surface area contributed by atoms with Crippen molar-refractivity contribution >= 4 is 15.7 Å². The van der Waals surface area contributed by atoms with Gasteiger partial charge in [0.1, 0.15) is 0 Å². The van der Waals surface area contributed by atoms with Crippen LogP contribution in [-0.2, 0) is 10.0 Å². The first-order valence-electron chi connectivity index (χ1n) is 6.63. The Balaban J connectivity index is 3.10. The number of hydrogen-bond donors (Lipinski definition) is 2. The molecule has 2 N–H and O–H groups in total. The third kappa shape index (κ3) is 3.99. The van der Waals surface area contributed by atoms with E-state index < -0.39 is 20.5 Å². The normalized spacial score (nSPS) is 12.4. The van der Waals surface area contributed by atoms with Crippen LogP contribution in [0.5, 0.6) is 0 Å². The van der Waals surface area contributed by atoms with Gasteiger partial charge in [-0.3, -0.25) is 10.1 Å². The molecule has 1 aromatic carbocycles. The third-order valence-corrected chi connectivity index (χ3v) is 5.19. The van der Waals surface area contributed by atoms with Crippen molar-refractivity contribution in [1.29, 1.82) is 0 Å². The van der Waals surface area contributed by atoms with Crippen LogP contribution in [0.1, 0.15) is 32.3 Å². The molecule has 8 heteroatoms. The minimum absolute atomic E-state index is 0.0755. The summed E-state index contributed by atoms with van der Waals surface area (Å²) < 4.78 is 26.8. The maximum absolute atomic E-state index is 12.3. The molecule has 118 valence electrons. The number of hydrogen-bond acceptors (Lipinski definition) is 5. The second-order valence-corrected chi connectivity index (χ2v) is 6.65. The number of aliphatic hydroxyl groups is 1. The van der Waals surface area contributed by atoms with Crippen molar-refractivity contribution in [2.24, 2.45) is 0 Å². The maximum atomic E-state index is 12.3. The highest BCUT2D eigenvalue weighted by atomic mass is 32.2. The Bertz CT molecular complexity index is 623. The SMILES string of the molecule is CCC(O)(CC)CNS(=O)(=O)c1cccc([N+](=O)[O-])c1C. The van der Waals surface area contributed by atoms with E-state index in [4.69, 9.17) is 0 Å². The van der Waals surface area contributed by atoms with Gasteiger partial charge in [0.25, 0.3) is 5.69 Å². The number of sulfonamides is 1. The Morgan fingerprint density at radius 2 is 1.90 bits per heavy atom. The summed E-state index contributed by atoms with van der Waals surface area (Å²) in [6, 6.07) is 3.88. The number of nitro benzene ring substituents is 1. The smallest absolute Gasteiger partial charge is 0.273 e. The van der Waals surface area contributed by atoms with Crippen molar-refractivity contribution in [2.45, 2.75) is 44.1 Å². The average molecular weight is 316 g/mol. The molecule has 0 spiro atoms. The molecule has 0 fully saturated rings. The quantitative estimate of drug-likeness (QED) is 0.588. The molecule has 1 aromatic rings. The van der Waals surface area contributed by atoms with Gasteiger partial charge in [0, 0.05) is 18.2 Å². The molecular weight excluding hydrogens is 296 g/mol. The summed E-state index contributed by atoms with van der Waals surface area (Å²) in [6.07, 6.45) is 0.805. The predicted octanol–water partition coefficient (Wildman–Crippen LogP) is 1.73. The van der Waals surface area contributed by atoms with Crippen molar-refractivity contribution in [2.75, 3.05) is 6.54 Å². The minimum atomic E-state index is -3.91. The molecule has 0 aliphatic rings. The molecule has 0 radical (unpaired) electrons. The molecule has 0 amide bonds. The van der Waals surface area contributed by atoms with E-state index >= 15 is 0 Å².